The first-order valence-electron chi connectivity index (χ1n) is 7.70. The molecule has 4 nitrogen and oxygen atoms in total. The highest BCUT2D eigenvalue weighted by molar-refractivity contribution is 5.85. The van der Waals surface area contributed by atoms with Gasteiger partial charge in [-0.1, -0.05) is 37.3 Å². The Labute approximate surface area is 150 Å². The third kappa shape index (κ3) is 4.95. The molecule has 2 aromatic rings. The number of aromatic nitrogens is 1. The number of nitrogens with two attached hydrogens (primary N) is 1. The van der Waals surface area contributed by atoms with Crippen molar-refractivity contribution in [1.29, 1.82) is 0 Å². The largest absolute Gasteiger partial charge is 0.439 e. The Balaban J connectivity index is 0.00000132. The van der Waals surface area contributed by atoms with E-state index in [-0.39, 0.29) is 24.8 Å². The molecule has 128 valence electrons. The van der Waals surface area contributed by atoms with E-state index in [0.29, 0.717) is 12.6 Å². The summed E-state index contributed by atoms with van der Waals surface area (Å²) in [5.74, 6) is 2.38. The van der Waals surface area contributed by atoms with Crippen molar-refractivity contribution >= 4 is 24.8 Å². The van der Waals surface area contributed by atoms with E-state index in [1.165, 1.54) is 12.8 Å². The van der Waals surface area contributed by atoms with Crippen LogP contribution in [0.25, 0.3) is 11.3 Å². The zero-order valence-electron chi connectivity index (χ0n) is 13.4. The first kappa shape index (κ1) is 20.0. The van der Waals surface area contributed by atoms with Gasteiger partial charge in [0.15, 0.2) is 5.76 Å². The van der Waals surface area contributed by atoms with Gasteiger partial charge in [0.2, 0.25) is 5.89 Å². The first-order valence-corrected chi connectivity index (χ1v) is 7.70. The zero-order chi connectivity index (χ0) is 14.7. The lowest BCUT2D eigenvalue weighted by Crippen LogP contribution is -2.45. The Bertz CT molecular complexity index is 576. The number of piperidine rings is 1. The van der Waals surface area contributed by atoms with Crippen LogP contribution in [0.3, 0.4) is 0 Å². The number of rotatable bonds is 4. The summed E-state index contributed by atoms with van der Waals surface area (Å²) in [6.45, 7) is 4.84. The fraction of sp³-hybridized carbons (Fsp3) is 0.471. The van der Waals surface area contributed by atoms with Crippen LogP contribution in [0.1, 0.15) is 25.7 Å². The fourth-order valence-corrected chi connectivity index (χ4v) is 3.05. The van der Waals surface area contributed by atoms with Crippen molar-refractivity contribution in [2.24, 2.45) is 11.7 Å². The van der Waals surface area contributed by atoms with E-state index < -0.39 is 0 Å². The summed E-state index contributed by atoms with van der Waals surface area (Å²) in [6, 6.07) is 10.5. The van der Waals surface area contributed by atoms with Crippen molar-refractivity contribution < 1.29 is 4.42 Å². The lowest BCUT2D eigenvalue weighted by Gasteiger charge is -2.37. The second-order valence-corrected chi connectivity index (χ2v) is 5.97. The molecule has 1 aromatic heterocycles. The van der Waals surface area contributed by atoms with Crippen LogP contribution in [0.5, 0.6) is 0 Å². The highest BCUT2D eigenvalue weighted by atomic mass is 35.5. The van der Waals surface area contributed by atoms with Gasteiger partial charge < -0.3 is 10.2 Å². The van der Waals surface area contributed by atoms with Crippen LogP contribution in [0.4, 0.5) is 0 Å². The van der Waals surface area contributed by atoms with Gasteiger partial charge in [-0.2, -0.15) is 0 Å². The van der Waals surface area contributed by atoms with Crippen LogP contribution >= 0.6 is 24.8 Å². The molecule has 2 heterocycles. The molecule has 1 saturated heterocycles. The number of hydrogen-bond donors (Lipinski definition) is 1. The lowest BCUT2D eigenvalue weighted by atomic mass is 9.92. The predicted octanol–water partition coefficient (Wildman–Crippen LogP) is 3.74. The summed E-state index contributed by atoms with van der Waals surface area (Å²) in [5.41, 5.74) is 6.98. The van der Waals surface area contributed by atoms with Gasteiger partial charge in [0, 0.05) is 18.2 Å². The summed E-state index contributed by atoms with van der Waals surface area (Å²) in [7, 11) is 0. The highest BCUT2D eigenvalue weighted by Crippen LogP contribution is 2.25. The van der Waals surface area contributed by atoms with E-state index in [0.717, 1.165) is 36.2 Å². The Hall–Kier alpha value is -1.07. The summed E-state index contributed by atoms with van der Waals surface area (Å²) in [5, 5.41) is 0. The second kappa shape index (κ2) is 9.28. The number of oxazole rings is 1. The van der Waals surface area contributed by atoms with Crippen LogP contribution in [0.15, 0.2) is 40.9 Å². The predicted molar refractivity (Wildman–Crippen MR) is 98.1 cm³/mol. The number of benzene rings is 1. The molecule has 2 N–H and O–H groups in total. The molecular weight excluding hydrogens is 333 g/mol. The minimum Gasteiger partial charge on any atom is -0.439 e. The third-order valence-electron chi connectivity index (χ3n) is 4.32. The quantitative estimate of drug-likeness (QED) is 0.905. The summed E-state index contributed by atoms with van der Waals surface area (Å²) in [4.78, 5) is 6.83. The van der Waals surface area contributed by atoms with Crippen LogP contribution in [0.2, 0.25) is 0 Å². The molecule has 0 spiro atoms. The van der Waals surface area contributed by atoms with Gasteiger partial charge in [0.05, 0.1) is 12.7 Å². The third-order valence-corrected chi connectivity index (χ3v) is 4.32. The lowest BCUT2D eigenvalue weighted by molar-refractivity contribution is 0.105. The SMILES string of the molecule is CC1CCN(Cc2ncc(-c3ccccc3)o2)C(CN)C1.Cl.Cl. The molecule has 1 fully saturated rings. The molecule has 1 aromatic carbocycles. The van der Waals surface area contributed by atoms with E-state index in [4.69, 9.17) is 10.2 Å². The monoisotopic (exact) mass is 357 g/mol. The van der Waals surface area contributed by atoms with Gasteiger partial charge in [0.1, 0.15) is 0 Å². The molecular formula is C17H25Cl2N3O. The molecule has 23 heavy (non-hydrogen) atoms. The Kier molecular flexibility index (Phi) is 8.06. The van der Waals surface area contributed by atoms with Gasteiger partial charge in [-0.3, -0.25) is 4.90 Å². The molecule has 6 heteroatoms. The van der Waals surface area contributed by atoms with Crippen LogP contribution in [0, 0.1) is 5.92 Å². The molecule has 0 bridgehead atoms. The fourth-order valence-electron chi connectivity index (χ4n) is 3.05. The molecule has 1 aliphatic rings. The topological polar surface area (TPSA) is 55.3 Å². The summed E-state index contributed by atoms with van der Waals surface area (Å²) >= 11 is 0. The standard InChI is InChI=1S/C17H23N3O.2ClH/c1-13-7-8-20(15(9-13)10-18)12-17-19-11-16(21-17)14-5-3-2-4-6-14;;/h2-6,11,13,15H,7-10,12,18H2,1H3;2*1H. The minimum absolute atomic E-state index is 0. The molecule has 0 amide bonds. The smallest absolute Gasteiger partial charge is 0.209 e. The van der Waals surface area contributed by atoms with Crippen LogP contribution in [-0.2, 0) is 6.54 Å². The van der Waals surface area contributed by atoms with Crippen molar-refractivity contribution in [3.05, 3.63) is 42.4 Å². The molecule has 2 atom stereocenters. The van der Waals surface area contributed by atoms with Gasteiger partial charge in [-0.15, -0.1) is 24.8 Å². The van der Waals surface area contributed by atoms with Crippen molar-refractivity contribution in [3.8, 4) is 11.3 Å². The van der Waals surface area contributed by atoms with E-state index in [9.17, 15) is 0 Å². The average molecular weight is 358 g/mol. The van der Waals surface area contributed by atoms with E-state index in [1.54, 1.807) is 0 Å². The van der Waals surface area contributed by atoms with Gasteiger partial charge >= 0.3 is 0 Å². The van der Waals surface area contributed by atoms with Crippen molar-refractivity contribution in [3.63, 3.8) is 0 Å². The van der Waals surface area contributed by atoms with E-state index in [2.05, 4.69) is 16.8 Å². The van der Waals surface area contributed by atoms with Crippen molar-refractivity contribution in [2.75, 3.05) is 13.1 Å². The molecule has 0 aliphatic carbocycles. The second-order valence-electron chi connectivity index (χ2n) is 5.97. The normalized spacial score (nSPS) is 21.3. The summed E-state index contributed by atoms with van der Waals surface area (Å²) in [6.07, 6.45) is 4.21. The van der Waals surface area contributed by atoms with Gasteiger partial charge in [-0.05, 0) is 25.3 Å². The molecule has 1 aliphatic heterocycles. The summed E-state index contributed by atoms with van der Waals surface area (Å²) < 4.78 is 5.90. The maximum absolute atomic E-state index is 5.91. The van der Waals surface area contributed by atoms with E-state index in [1.807, 2.05) is 36.5 Å². The highest BCUT2D eigenvalue weighted by Gasteiger charge is 2.26. The average Bonchev–Trinajstić information content (AvgIpc) is 2.98. The van der Waals surface area contributed by atoms with E-state index >= 15 is 0 Å². The molecule has 2 unspecified atom stereocenters. The van der Waals surface area contributed by atoms with Gasteiger partial charge in [0.25, 0.3) is 0 Å². The molecule has 0 radical (unpaired) electrons. The number of halogens is 2. The minimum atomic E-state index is 0. The Morgan fingerprint density at radius 2 is 2.00 bits per heavy atom. The van der Waals surface area contributed by atoms with Gasteiger partial charge in [-0.25, -0.2) is 4.98 Å². The zero-order valence-corrected chi connectivity index (χ0v) is 15.0. The number of nitrogens with zero attached hydrogens (tertiary/aromatic N) is 2. The van der Waals surface area contributed by atoms with Crippen LogP contribution in [-0.4, -0.2) is 29.0 Å². The van der Waals surface area contributed by atoms with Crippen molar-refractivity contribution in [1.82, 2.24) is 9.88 Å². The Morgan fingerprint density at radius 3 is 2.70 bits per heavy atom. The molecule has 0 saturated carbocycles. The van der Waals surface area contributed by atoms with Crippen molar-refractivity contribution in [2.45, 2.75) is 32.4 Å². The first-order chi connectivity index (χ1) is 10.3. The maximum atomic E-state index is 5.91. The van der Waals surface area contributed by atoms with Crippen LogP contribution < -0.4 is 5.73 Å². The molecule has 3 rings (SSSR count). The maximum Gasteiger partial charge on any atom is 0.209 e. The number of likely N-dealkylation sites (tertiary alicyclic amines) is 1. The Morgan fingerprint density at radius 1 is 1.26 bits per heavy atom. The number of hydrogen-bond acceptors (Lipinski definition) is 4.